The van der Waals surface area contributed by atoms with E-state index in [1.165, 1.54) is 0 Å². The molecule has 0 saturated carbocycles. The largest absolute Gasteiger partial charge is 0.384 e. The Bertz CT molecular complexity index is 477. The van der Waals surface area contributed by atoms with Gasteiger partial charge >= 0.3 is 0 Å². The van der Waals surface area contributed by atoms with Crippen LogP contribution in [0.15, 0.2) is 30.7 Å². The average Bonchev–Trinajstić information content (AvgIpc) is 2.65. The van der Waals surface area contributed by atoms with E-state index in [1.54, 1.807) is 17.1 Å². The molecule has 2 heterocycles. The second kappa shape index (κ2) is 4.32. The quantitative estimate of drug-likeness (QED) is 0.790. The van der Waals surface area contributed by atoms with Crippen molar-refractivity contribution >= 4 is 5.82 Å². The molecular formula is C11H15N5. The number of nitrogen functional groups attached to an aromatic ring is 1. The van der Waals surface area contributed by atoms with E-state index in [1.807, 2.05) is 25.4 Å². The summed E-state index contributed by atoms with van der Waals surface area (Å²) in [6.45, 7) is 0. The molecule has 0 amide bonds. The first-order valence-electron chi connectivity index (χ1n) is 5.09. The molecule has 16 heavy (non-hydrogen) atoms. The molecule has 1 atom stereocenters. The van der Waals surface area contributed by atoms with Crippen LogP contribution < -0.4 is 11.5 Å². The fourth-order valence-corrected chi connectivity index (χ4v) is 1.62. The van der Waals surface area contributed by atoms with Gasteiger partial charge in [-0.3, -0.25) is 4.68 Å². The van der Waals surface area contributed by atoms with Crippen LogP contribution in [0, 0.1) is 0 Å². The lowest BCUT2D eigenvalue weighted by molar-refractivity contribution is 0.717. The van der Waals surface area contributed by atoms with Crippen molar-refractivity contribution in [3.8, 4) is 0 Å². The SMILES string of the molecule is Cn1cc(C(N)Cc2ccnc(N)c2)cn1. The van der Waals surface area contributed by atoms with Crippen molar-refractivity contribution in [3.05, 3.63) is 41.9 Å². The number of pyridine rings is 1. The summed E-state index contributed by atoms with van der Waals surface area (Å²) in [5.41, 5.74) is 13.8. The molecular weight excluding hydrogens is 202 g/mol. The molecule has 4 N–H and O–H groups in total. The maximum absolute atomic E-state index is 6.08. The minimum absolute atomic E-state index is 0.0597. The van der Waals surface area contributed by atoms with Gasteiger partial charge < -0.3 is 11.5 Å². The van der Waals surface area contributed by atoms with Crippen LogP contribution in [0.1, 0.15) is 17.2 Å². The molecule has 0 bridgehead atoms. The Labute approximate surface area is 94.1 Å². The number of nitrogens with two attached hydrogens (primary N) is 2. The predicted octanol–water partition coefficient (Wildman–Crippen LogP) is 0.640. The van der Waals surface area contributed by atoms with Crippen molar-refractivity contribution in [2.45, 2.75) is 12.5 Å². The Morgan fingerprint density at radius 1 is 1.50 bits per heavy atom. The van der Waals surface area contributed by atoms with Gasteiger partial charge in [-0.25, -0.2) is 4.98 Å². The monoisotopic (exact) mass is 217 g/mol. The summed E-state index contributed by atoms with van der Waals surface area (Å²) in [5.74, 6) is 0.524. The Kier molecular flexibility index (Phi) is 2.87. The van der Waals surface area contributed by atoms with E-state index in [0.29, 0.717) is 5.82 Å². The highest BCUT2D eigenvalue weighted by atomic mass is 15.2. The maximum Gasteiger partial charge on any atom is 0.123 e. The highest BCUT2D eigenvalue weighted by molar-refractivity contribution is 5.32. The van der Waals surface area contributed by atoms with Crippen LogP contribution in [-0.4, -0.2) is 14.8 Å². The average molecular weight is 217 g/mol. The van der Waals surface area contributed by atoms with E-state index in [2.05, 4.69) is 10.1 Å². The number of aryl methyl sites for hydroxylation is 1. The number of anilines is 1. The van der Waals surface area contributed by atoms with E-state index in [0.717, 1.165) is 17.5 Å². The molecule has 0 aromatic carbocycles. The van der Waals surface area contributed by atoms with Gasteiger partial charge in [-0.15, -0.1) is 0 Å². The van der Waals surface area contributed by atoms with Crippen molar-refractivity contribution in [2.75, 3.05) is 5.73 Å². The number of rotatable bonds is 3. The number of aromatic nitrogens is 3. The highest BCUT2D eigenvalue weighted by Crippen LogP contribution is 2.15. The first-order chi connectivity index (χ1) is 7.65. The third-order valence-electron chi connectivity index (χ3n) is 2.45. The second-order valence-electron chi connectivity index (χ2n) is 3.85. The molecule has 2 rings (SSSR count). The zero-order valence-corrected chi connectivity index (χ0v) is 9.17. The van der Waals surface area contributed by atoms with Crippen LogP contribution in [0.25, 0.3) is 0 Å². The van der Waals surface area contributed by atoms with E-state index in [9.17, 15) is 0 Å². The molecule has 5 heteroatoms. The van der Waals surface area contributed by atoms with Crippen molar-refractivity contribution in [1.82, 2.24) is 14.8 Å². The molecule has 0 aliphatic carbocycles. The van der Waals surface area contributed by atoms with E-state index in [-0.39, 0.29) is 6.04 Å². The number of hydrogen-bond acceptors (Lipinski definition) is 4. The Morgan fingerprint density at radius 2 is 2.31 bits per heavy atom. The van der Waals surface area contributed by atoms with Crippen LogP contribution in [0.4, 0.5) is 5.82 Å². The van der Waals surface area contributed by atoms with Crippen LogP contribution in [0.5, 0.6) is 0 Å². The highest BCUT2D eigenvalue weighted by Gasteiger charge is 2.09. The topological polar surface area (TPSA) is 82.8 Å². The molecule has 0 aliphatic heterocycles. The normalized spacial score (nSPS) is 12.6. The van der Waals surface area contributed by atoms with Gasteiger partial charge in [0.05, 0.1) is 6.20 Å². The van der Waals surface area contributed by atoms with Gasteiger partial charge in [0.15, 0.2) is 0 Å². The summed E-state index contributed by atoms with van der Waals surface area (Å²) in [7, 11) is 1.88. The molecule has 2 aromatic heterocycles. The summed E-state index contributed by atoms with van der Waals surface area (Å²) in [5, 5.41) is 4.10. The van der Waals surface area contributed by atoms with Crippen LogP contribution in [0.2, 0.25) is 0 Å². The second-order valence-corrected chi connectivity index (χ2v) is 3.85. The van der Waals surface area contributed by atoms with E-state index >= 15 is 0 Å². The van der Waals surface area contributed by atoms with Crippen molar-refractivity contribution < 1.29 is 0 Å². The minimum Gasteiger partial charge on any atom is -0.384 e. The fourth-order valence-electron chi connectivity index (χ4n) is 1.62. The van der Waals surface area contributed by atoms with Gasteiger partial charge in [0, 0.05) is 31.0 Å². The van der Waals surface area contributed by atoms with Crippen LogP contribution in [-0.2, 0) is 13.5 Å². The van der Waals surface area contributed by atoms with Gasteiger partial charge in [-0.05, 0) is 24.1 Å². The molecule has 0 aliphatic rings. The van der Waals surface area contributed by atoms with Crippen LogP contribution in [0.3, 0.4) is 0 Å². The van der Waals surface area contributed by atoms with Gasteiger partial charge in [-0.1, -0.05) is 0 Å². The number of nitrogens with zero attached hydrogens (tertiary/aromatic N) is 3. The van der Waals surface area contributed by atoms with E-state index in [4.69, 9.17) is 11.5 Å². The standard InChI is InChI=1S/C11H15N5/c1-16-7-9(6-15-16)10(12)4-8-2-3-14-11(13)5-8/h2-3,5-7,10H,4,12H2,1H3,(H2,13,14). The zero-order valence-electron chi connectivity index (χ0n) is 9.17. The predicted molar refractivity (Wildman–Crippen MR) is 62.5 cm³/mol. The molecule has 1 unspecified atom stereocenters. The smallest absolute Gasteiger partial charge is 0.123 e. The Morgan fingerprint density at radius 3 is 2.94 bits per heavy atom. The van der Waals surface area contributed by atoms with Crippen LogP contribution >= 0.6 is 0 Å². The first kappa shape index (κ1) is 10.6. The summed E-state index contributed by atoms with van der Waals surface area (Å²) < 4.78 is 1.75. The fraction of sp³-hybridized carbons (Fsp3) is 0.273. The molecule has 0 saturated heterocycles. The summed E-state index contributed by atoms with van der Waals surface area (Å²) in [4.78, 5) is 3.94. The lowest BCUT2D eigenvalue weighted by Gasteiger charge is -2.09. The molecule has 84 valence electrons. The minimum atomic E-state index is -0.0597. The number of hydrogen-bond donors (Lipinski definition) is 2. The van der Waals surface area contributed by atoms with E-state index < -0.39 is 0 Å². The summed E-state index contributed by atoms with van der Waals surface area (Å²) in [6.07, 6.45) is 6.14. The molecule has 0 spiro atoms. The summed E-state index contributed by atoms with van der Waals surface area (Å²) in [6, 6.07) is 3.71. The zero-order chi connectivity index (χ0) is 11.5. The third-order valence-corrected chi connectivity index (χ3v) is 2.45. The lowest BCUT2D eigenvalue weighted by Crippen LogP contribution is -2.12. The van der Waals surface area contributed by atoms with Gasteiger partial charge in [0.1, 0.15) is 5.82 Å². The van der Waals surface area contributed by atoms with Crippen molar-refractivity contribution in [3.63, 3.8) is 0 Å². The van der Waals surface area contributed by atoms with Crippen molar-refractivity contribution in [1.29, 1.82) is 0 Å². The third kappa shape index (κ3) is 2.38. The lowest BCUT2D eigenvalue weighted by atomic mass is 10.0. The van der Waals surface area contributed by atoms with Gasteiger partial charge in [0.25, 0.3) is 0 Å². The van der Waals surface area contributed by atoms with Gasteiger partial charge in [0.2, 0.25) is 0 Å². The molecule has 0 radical (unpaired) electrons. The molecule has 5 nitrogen and oxygen atoms in total. The maximum atomic E-state index is 6.08. The molecule has 0 fully saturated rings. The first-order valence-corrected chi connectivity index (χ1v) is 5.09. The Hall–Kier alpha value is -1.88. The van der Waals surface area contributed by atoms with Gasteiger partial charge in [-0.2, -0.15) is 5.10 Å². The Balaban J connectivity index is 2.10. The molecule has 2 aromatic rings. The summed E-state index contributed by atoms with van der Waals surface area (Å²) >= 11 is 0. The van der Waals surface area contributed by atoms with Crippen molar-refractivity contribution in [2.24, 2.45) is 12.8 Å².